The highest BCUT2D eigenvalue weighted by Gasteiger charge is 2.39. The molecule has 18 heavy (non-hydrogen) atoms. The van der Waals surface area contributed by atoms with Crippen LogP contribution in [0.4, 0.5) is 0 Å². The Morgan fingerprint density at radius 1 is 1.17 bits per heavy atom. The van der Waals surface area contributed by atoms with Crippen LogP contribution in [-0.2, 0) is 6.54 Å². The zero-order chi connectivity index (χ0) is 12.5. The van der Waals surface area contributed by atoms with E-state index in [1.165, 1.54) is 35.7 Å². The summed E-state index contributed by atoms with van der Waals surface area (Å²) in [4.78, 5) is 2.73. The molecule has 0 spiro atoms. The molecule has 2 heterocycles. The van der Waals surface area contributed by atoms with Crippen molar-refractivity contribution in [3.05, 3.63) is 34.3 Å². The summed E-state index contributed by atoms with van der Waals surface area (Å²) in [7, 11) is 2.11. The van der Waals surface area contributed by atoms with E-state index in [0.717, 1.165) is 24.7 Å². The second-order valence-electron chi connectivity index (χ2n) is 5.64. The van der Waals surface area contributed by atoms with Gasteiger partial charge in [0.2, 0.25) is 0 Å². The lowest BCUT2D eigenvalue weighted by Crippen LogP contribution is -2.47. The first-order chi connectivity index (χ1) is 8.76. The molecule has 2 unspecified atom stereocenters. The third kappa shape index (κ3) is 2.49. The molecule has 2 saturated heterocycles. The van der Waals surface area contributed by atoms with E-state index in [1.807, 2.05) is 0 Å². The fourth-order valence-corrected chi connectivity index (χ4v) is 3.83. The third-order valence-corrected chi connectivity index (χ3v) is 5.10. The fraction of sp³-hybridized carbons (Fsp3) is 0.600. The van der Waals surface area contributed by atoms with Crippen molar-refractivity contribution < 1.29 is 0 Å². The summed E-state index contributed by atoms with van der Waals surface area (Å²) < 4.78 is 1.17. The van der Waals surface area contributed by atoms with E-state index in [9.17, 15) is 0 Å². The van der Waals surface area contributed by atoms with Crippen molar-refractivity contribution in [2.45, 2.75) is 50.4 Å². The summed E-state index contributed by atoms with van der Waals surface area (Å²) in [5, 5.41) is 3.46. The summed E-state index contributed by atoms with van der Waals surface area (Å²) in [6.07, 6.45) is 5.42. The number of nitrogens with zero attached hydrogens (tertiary/aromatic N) is 1. The Kier molecular flexibility index (Phi) is 3.73. The van der Waals surface area contributed by atoms with Crippen LogP contribution < -0.4 is 5.32 Å². The molecule has 2 fully saturated rings. The largest absolute Gasteiger partial charge is 0.317 e. The molecule has 2 bridgehead atoms. The van der Waals surface area contributed by atoms with Gasteiger partial charge in [-0.25, -0.2) is 0 Å². The Hall–Kier alpha value is -0.380. The Bertz CT molecular complexity index is 389. The standard InChI is InChI=1S/C15H21BrN2/c1-17-13-8-14-6-7-15(9-13)18(14)10-11-2-4-12(16)5-3-11/h2-5,13-15,17H,6-10H2,1H3. The zero-order valence-electron chi connectivity index (χ0n) is 10.9. The van der Waals surface area contributed by atoms with Crippen molar-refractivity contribution in [3.8, 4) is 0 Å². The SMILES string of the molecule is CNC1CC2CCC(C1)N2Cc1ccc(Br)cc1. The van der Waals surface area contributed by atoms with Crippen LogP contribution in [0, 0.1) is 0 Å². The maximum Gasteiger partial charge on any atom is 0.0239 e. The molecule has 0 aliphatic carbocycles. The van der Waals surface area contributed by atoms with Crippen LogP contribution in [0.1, 0.15) is 31.2 Å². The Morgan fingerprint density at radius 2 is 1.78 bits per heavy atom. The Morgan fingerprint density at radius 3 is 2.33 bits per heavy atom. The number of fused-ring (bicyclic) bond motifs is 2. The smallest absolute Gasteiger partial charge is 0.0239 e. The van der Waals surface area contributed by atoms with Gasteiger partial charge in [0.15, 0.2) is 0 Å². The fourth-order valence-electron chi connectivity index (χ4n) is 3.57. The van der Waals surface area contributed by atoms with Crippen molar-refractivity contribution in [3.63, 3.8) is 0 Å². The summed E-state index contributed by atoms with van der Waals surface area (Å²) in [6.45, 7) is 1.12. The number of benzene rings is 1. The molecular formula is C15H21BrN2. The minimum absolute atomic E-state index is 0.740. The maximum absolute atomic E-state index is 3.50. The van der Waals surface area contributed by atoms with E-state index in [0.29, 0.717) is 0 Å². The van der Waals surface area contributed by atoms with Crippen molar-refractivity contribution in [2.24, 2.45) is 0 Å². The van der Waals surface area contributed by atoms with Gasteiger partial charge in [0.05, 0.1) is 0 Å². The molecule has 3 heteroatoms. The van der Waals surface area contributed by atoms with Gasteiger partial charge in [0.1, 0.15) is 0 Å². The van der Waals surface area contributed by atoms with Gasteiger partial charge in [-0.05, 0) is 50.4 Å². The highest BCUT2D eigenvalue weighted by molar-refractivity contribution is 9.10. The van der Waals surface area contributed by atoms with Gasteiger partial charge in [-0.1, -0.05) is 28.1 Å². The molecule has 1 aromatic carbocycles. The van der Waals surface area contributed by atoms with Crippen LogP contribution in [0.3, 0.4) is 0 Å². The minimum Gasteiger partial charge on any atom is -0.317 e. The lowest BCUT2D eigenvalue weighted by molar-refractivity contribution is 0.111. The van der Waals surface area contributed by atoms with Crippen LogP contribution in [0.2, 0.25) is 0 Å². The number of halogens is 1. The van der Waals surface area contributed by atoms with Crippen molar-refractivity contribution >= 4 is 15.9 Å². The second kappa shape index (κ2) is 5.32. The summed E-state index contributed by atoms with van der Waals surface area (Å²) in [5.74, 6) is 0. The Balaban J connectivity index is 1.69. The van der Waals surface area contributed by atoms with E-state index >= 15 is 0 Å². The van der Waals surface area contributed by atoms with E-state index in [4.69, 9.17) is 0 Å². The lowest BCUT2D eigenvalue weighted by Gasteiger charge is -2.39. The van der Waals surface area contributed by atoms with Gasteiger partial charge in [0, 0.05) is 29.1 Å². The molecule has 1 N–H and O–H groups in total. The monoisotopic (exact) mass is 308 g/mol. The summed E-state index contributed by atoms with van der Waals surface area (Å²) >= 11 is 3.50. The molecule has 2 aliphatic rings. The van der Waals surface area contributed by atoms with Gasteiger partial charge < -0.3 is 5.32 Å². The predicted octanol–water partition coefficient (Wildman–Crippen LogP) is 3.16. The molecule has 0 amide bonds. The van der Waals surface area contributed by atoms with E-state index < -0.39 is 0 Å². The van der Waals surface area contributed by atoms with E-state index in [1.54, 1.807) is 0 Å². The number of nitrogens with one attached hydrogen (secondary N) is 1. The lowest BCUT2D eigenvalue weighted by atomic mass is 9.97. The molecule has 2 atom stereocenters. The normalized spacial score (nSPS) is 31.8. The first-order valence-electron chi connectivity index (χ1n) is 6.93. The van der Waals surface area contributed by atoms with Crippen LogP contribution in [0.5, 0.6) is 0 Å². The Labute approximate surface area is 118 Å². The average Bonchev–Trinajstić information content (AvgIpc) is 2.63. The highest BCUT2D eigenvalue weighted by Crippen LogP contribution is 2.36. The molecule has 3 rings (SSSR count). The van der Waals surface area contributed by atoms with Crippen molar-refractivity contribution in [2.75, 3.05) is 7.05 Å². The molecular weight excluding hydrogens is 288 g/mol. The molecule has 0 aromatic heterocycles. The molecule has 2 nitrogen and oxygen atoms in total. The van der Waals surface area contributed by atoms with Crippen LogP contribution in [0.25, 0.3) is 0 Å². The number of hydrogen-bond donors (Lipinski definition) is 1. The number of piperidine rings is 1. The van der Waals surface area contributed by atoms with Gasteiger partial charge in [-0.2, -0.15) is 0 Å². The number of rotatable bonds is 3. The molecule has 98 valence electrons. The molecule has 0 radical (unpaired) electrons. The van der Waals surface area contributed by atoms with Crippen LogP contribution in [-0.4, -0.2) is 30.1 Å². The van der Waals surface area contributed by atoms with Crippen LogP contribution >= 0.6 is 15.9 Å². The minimum atomic E-state index is 0.740. The zero-order valence-corrected chi connectivity index (χ0v) is 12.5. The second-order valence-corrected chi connectivity index (χ2v) is 6.56. The van der Waals surface area contributed by atoms with Gasteiger partial charge in [-0.3, -0.25) is 4.90 Å². The first kappa shape index (κ1) is 12.6. The topological polar surface area (TPSA) is 15.3 Å². The third-order valence-electron chi connectivity index (χ3n) is 4.57. The average molecular weight is 309 g/mol. The van der Waals surface area contributed by atoms with Gasteiger partial charge in [0.25, 0.3) is 0 Å². The first-order valence-corrected chi connectivity index (χ1v) is 7.73. The summed E-state index contributed by atoms with van der Waals surface area (Å²) in [5.41, 5.74) is 1.44. The van der Waals surface area contributed by atoms with E-state index in [2.05, 4.69) is 57.5 Å². The molecule has 1 aromatic rings. The molecule has 0 saturated carbocycles. The van der Waals surface area contributed by atoms with Gasteiger partial charge in [-0.15, -0.1) is 0 Å². The number of hydrogen-bond acceptors (Lipinski definition) is 2. The van der Waals surface area contributed by atoms with Crippen LogP contribution in [0.15, 0.2) is 28.7 Å². The summed E-state index contributed by atoms with van der Waals surface area (Å²) in [6, 6.07) is 11.1. The van der Waals surface area contributed by atoms with E-state index in [-0.39, 0.29) is 0 Å². The highest BCUT2D eigenvalue weighted by atomic mass is 79.9. The predicted molar refractivity (Wildman–Crippen MR) is 78.6 cm³/mol. The van der Waals surface area contributed by atoms with Gasteiger partial charge >= 0.3 is 0 Å². The molecule has 2 aliphatic heterocycles. The van der Waals surface area contributed by atoms with Crippen molar-refractivity contribution in [1.29, 1.82) is 0 Å². The quantitative estimate of drug-likeness (QED) is 0.922. The maximum atomic E-state index is 3.50. The van der Waals surface area contributed by atoms with Crippen molar-refractivity contribution in [1.82, 2.24) is 10.2 Å².